The van der Waals surface area contributed by atoms with Gasteiger partial charge in [-0.25, -0.2) is 0 Å². The number of hydrogen-bond donors (Lipinski definition) is 0. The number of hydrogen-bond acceptors (Lipinski definition) is 3. The van der Waals surface area contributed by atoms with Gasteiger partial charge in [0.2, 0.25) is 0 Å². The molecule has 108 valence electrons. The zero-order valence-electron chi connectivity index (χ0n) is 12.3. The molecule has 0 saturated carbocycles. The van der Waals surface area contributed by atoms with Crippen LogP contribution in [0.3, 0.4) is 0 Å². The molecule has 1 aliphatic rings. The minimum atomic E-state index is 0.592. The molecule has 0 bridgehead atoms. The predicted octanol–water partition coefficient (Wildman–Crippen LogP) is 4.18. The van der Waals surface area contributed by atoms with E-state index < -0.39 is 0 Å². The first-order valence-electron chi connectivity index (χ1n) is 7.35. The van der Waals surface area contributed by atoms with E-state index >= 15 is 0 Å². The van der Waals surface area contributed by atoms with E-state index in [1.54, 1.807) is 0 Å². The van der Waals surface area contributed by atoms with Crippen LogP contribution < -0.4 is 0 Å². The third-order valence-electron chi connectivity index (χ3n) is 3.49. The van der Waals surface area contributed by atoms with Crippen LogP contribution in [0.2, 0.25) is 0 Å². The normalized spacial score (nSPS) is 17.6. The van der Waals surface area contributed by atoms with Crippen molar-refractivity contribution in [2.75, 3.05) is 6.54 Å². The fourth-order valence-electron chi connectivity index (χ4n) is 2.43. The van der Waals surface area contributed by atoms with Gasteiger partial charge in [0, 0.05) is 18.3 Å². The molecule has 0 aromatic heterocycles. The molecule has 21 heavy (non-hydrogen) atoms. The van der Waals surface area contributed by atoms with Crippen LogP contribution in [0.4, 0.5) is 0 Å². The molecule has 0 saturated heterocycles. The molecule has 0 fully saturated rings. The quantitative estimate of drug-likeness (QED) is 0.841. The van der Waals surface area contributed by atoms with Crippen LogP contribution in [0, 0.1) is 0 Å². The summed E-state index contributed by atoms with van der Waals surface area (Å²) in [4.78, 5) is 7.10. The lowest BCUT2D eigenvalue weighted by molar-refractivity contribution is 0.414. The standard InChI is InChI=1S/C18H20N2S/c1-15-12-19-18(21-15)20(13-16-8-4-2-5-9-16)14-17-10-6-3-7-11-17/h2-11,15H,12-14H2,1H3/t15-/m0/s1. The molecule has 2 aromatic carbocycles. The van der Waals surface area contributed by atoms with E-state index in [0.29, 0.717) is 5.25 Å². The maximum absolute atomic E-state index is 4.71. The average molecular weight is 296 g/mol. The van der Waals surface area contributed by atoms with Gasteiger partial charge in [-0.15, -0.1) is 0 Å². The van der Waals surface area contributed by atoms with Crippen LogP contribution in [0.5, 0.6) is 0 Å². The maximum Gasteiger partial charge on any atom is 0.160 e. The summed E-state index contributed by atoms with van der Waals surface area (Å²) in [6.07, 6.45) is 0. The largest absolute Gasteiger partial charge is 0.343 e. The maximum atomic E-state index is 4.71. The number of thioether (sulfide) groups is 1. The minimum absolute atomic E-state index is 0.592. The second-order valence-corrected chi connectivity index (χ2v) is 6.78. The van der Waals surface area contributed by atoms with E-state index in [2.05, 4.69) is 72.5 Å². The number of benzene rings is 2. The lowest BCUT2D eigenvalue weighted by Crippen LogP contribution is -2.27. The Hall–Kier alpha value is -1.74. The Kier molecular flexibility index (Phi) is 4.61. The second-order valence-electron chi connectivity index (χ2n) is 5.38. The summed E-state index contributed by atoms with van der Waals surface area (Å²) in [5.41, 5.74) is 2.66. The molecule has 1 atom stereocenters. The highest BCUT2D eigenvalue weighted by atomic mass is 32.2. The molecule has 0 N–H and O–H groups in total. The Morgan fingerprint density at radius 1 is 0.952 bits per heavy atom. The Balaban J connectivity index is 1.78. The average Bonchev–Trinajstić information content (AvgIpc) is 2.95. The van der Waals surface area contributed by atoms with Crippen molar-refractivity contribution in [1.82, 2.24) is 4.90 Å². The van der Waals surface area contributed by atoms with Crippen molar-refractivity contribution in [2.45, 2.75) is 25.3 Å². The minimum Gasteiger partial charge on any atom is -0.343 e. The topological polar surface area (TPSA) is 15.6 Å². The van der Waals surface area contributed by atoms with Crippen molar-refractivity contribution in [3.8, 4) is 0 Å². The van der Waals surface area contributed by atoms with Crippen LogP contribution in [0.15, 0.2) is 65.7 Å². The Labute approximate surface area is 130 Å². The van der Waals surface area contributed by atoms with Crippen molar-refractivity contribution in [1.29, 1.82) is 0 Å². The molecular formula is C18H20N2S. The van der Waals surface area contributed by atoms with Gasteiger partial charge in [-0.1, -0.05) is 79.3 Å². The van der Waals surface area contributed by atoms with Gasteiger partial charge >= 0.3 is 0 Å². The summed E-state index contributed by atoms with van der Waals surface area (Å²) in [6.45, 7) is 4.99. The summed E-state index contributed by atoms with van der Waals surface area (Å²) in [5, 5.41) is 1.77. The van der Waals surface area contributed by atoms with Crippen LogP contribution in [0.1, 0.15) is 18.1 Å². The first-order chi connectivity index (χ1) is 10.3. The summed E-state index contributed by atoms with van der Waals surface area (Å²) in [5.74, 6) is 0. The summed E-state index contributed by atoms with van der Waals surface area (Å²) in [7, 11) is 0. The van der Waals surface area contributed by atoms with Crippen molar-refractivity contribution in [2.24, 2.45) is 4.99 Å². The van der Waals surface area contributed by atoms with E-state index in [0.717, 1.165) is 19.6 Å². The fourth-order valence-corrected chi connectivity index (χ4v) is 3.37. The van der Waals surface area contributed by atoms with E-state index in [1.165, 1.54) is 16.3 Å². The van der Waals surface area contributed by atoms with Crippen LogP contribution >= 0.6 is 11.8 Å². The van der Waals surface area contributed by atoms with Gasteiger partial charge in [-0.05, 0) is 11.1 Å². The first-order valence-corrected chi connectivity index (χ1v) is 8.23. The molecule has 3 heteroatoms. The van der Waals surface area contributed by atoms with E-state index in [4.69, 9.17) is 4.99 Å². The third kappa shape index (κ3) is 3.88. The number of nitrogens with zero attached hydrogens (tertiary/aromatic N) is 2. The zero-order chi connectivity index (χ0) is 14.5. The summed E-state index contributed by atoms with van der Waals surface area (Å²) in [6, 6.07) is 21.3. The number of aliphatic imine (C=N–C) groups is 1. The highest BCUT2D eigenvalue weighted by Gasteiger charge is 2.21. The lowest BCUT2D eigenvalue weighted by Gasteiger charge is -2.24. The smallest absolute Gasteiger partial charge is 0.160 e. The molecule has 1 heterocycles. The number of amidine groups is 1. The molecule has 0 unspecified atom stereocenters. The van der Waals surface area contributed by atoms with Crippen LogP contribution in [-0.2, 0) is 13.1 Å². The Morgan fingerprint density at radius 3 is 1.90 bits per heavy atom. The molecule has 3 rings (SSSR count). The monoisotopic (exact) mass is 296 g/mol. The van der Waals surface area contributed by atoms with Crippen molar-refractivity contribution in [3.63, 3.8) is 0 Å². The molecule has 0 radical (unpaired) electrons. The van der Waals surface area contributed by atoms with Gasteiger partial charge in [0.25, 0.3) is 0 Å². The van der Waals surface area contributed by atoms with Gasteiger partial charge in [-0.2, -0.15) is 0 Å². The fraction of sp³-hybridized carbons (Fsp3) is 0.278. The molecular weight excluding hydrogens is 276 g/mol. The molecule has 2 nitrogen and oxygen atoms in total. The molecule has 2 aromatic rings. The van der Waals surface area contributed by atoms with Crippen molar-refractivity contribution >= 4 is 16.9 Å². The summed E-state index contributed by atoms with van der Waals surface area (Å²) >= 11 is 1.89. The molecule has 0 spiro atoms. The highest BCUT2D eigenvalue weighted by Crippen LogP contribution is 2.25. The zero-order valence-corrected chi connectivity index (χ0v) is 13.1. The Morgan fingerprint density at radius 2 is 1.48 bits per heavy atom. The van der Waals surface area contributed by atoms with Crippen molar-refractivity contribution in [3.05, 3.63) is 71.8 Å². The third-order valence-corrected chi connectivity index (χ3v) is 4.64. The lowest BCUT2D eigenvalue weighted by atomic mass is 10.2. The van der Waals surface area contributed by atoms with E-state index in [-0.39, 0.29) is 0 Å². The van der Waals surface area contributed by atoms with E-state index in [9.17, 15) is 0 Å². The van der Waals surface area contributed by atoms with Gasteiger partial charge in [0.15, 0.2) is 5.17 Å². The van der Waals surface area contributed by atoms with Gasteiger partial charge in [0.1, 0.15) is 0 Å². The molecule has 1 aliphatic heterocycles. The second kappa shape index (κ2) is 6.81. The Bertz CT molecular complexity index is 554. The van der Waals surface area contributed by atoms with Crippen LogP contribution in [0.25, 0.3) is 0 Å². The highest BCUT2D eigenvalue weighted by molar-refractivity contribution is 8.14. The molecule has 0 amide bonds. The SMILES string of the molecule is C[C@H]1CN=C(N(Cc2ccccc2)Cc2ccccc2)S1. The van der Waals surface area contributed by atoms with Gasteiger partial charge in [-0.3, -0.25) is 4.99 Å². The van der Waals surface area contributed by atoms with E-state index in [1.807, 2.05) is 11.8 Å². The molecule has 0 aliphatic carbocycles. The van der Waals surface area contributed by atoms with Crippen molar-refractivity contribution < 1.29 is 0 Å². The summed E-state index contributed by atoms with van der Waals surface area (Å²) < 4.78 is 0. The van der Waals surface area contributed by atoms with Gasteiger partial charge in [0.05, 0.1) is 6.54 Å². The van der Waals surface area contributed by atoms with Crippen LogP contribution in [-0.4, -0.2) is 21.9 Å². The van der Waals surface area contributed by atoms with Gasteiger partial charge < -0.3 is 4.90 Å². The first kappa shape index (κ1) is 14.2. The predicted molar refractivity (Wildman–Crippen MR) is 91.5 cm³/mol. The number of rotatable bonds is 4.